The second-order valence-corrected chi connectivity index (χ2v) is 5.11. The van der Waals surface area contributed by atoms with Gasteiger partial charge in [0, 0.05) is 10.5 Å². The van der Waals surface area contributed by atoms with Gasteiger partial charge >= 0.3 is 0 Å². The van der Waals surface area contributed by atoms with E-state index in [0.717, 1.165) is 18.2 Å². The van der Waals surface area contributed by atoms with Gasteiger partial charge in [-0.2, -0.15) is 0 Å². The average molecular weight is 284 g/mol. The maximum absolute atomic E-state index is 5.29. The van der Waals surface area contributed by atoms with Crippen molar-refractivity contribution >= 4 is 15.9 Å². The first kappa shape index (κ1) is 11.9. The summed E-state index contributed by atoms with van der Waals surface area (Å²) in [5.74, 6) is 1.73. The van der Waals surface area contributed by atoms with Gasteiger partial charge in [-0.1, -0.05) is 22.9 Å². The Bertz CT molecular complexity index is 363. The highest BCUT2D eigenvalue weighted by atomic mass is 79.9. The van der Waals surface area contributed by atoms with Gasteiger partial charge in [-0.25, -0.2) is 0 Å². The third-order valence-electron chi connectivity index (χ3n) is 3.06. The highest BCUT2D eigenvalue weighted by Gasteiger charge is 2.32. The van der Waals surface area contributed by atoms with Crippen LogP contribution in [0.4, 0.5) is 0 Å². The molecule has 1 aromatic carbocycles. The number of methoxy groups -OCH3 is 1. The fourth-order valence-corrected chi connectivity index (χ4v) is 2.56. The Morgan fingerprint density at radius 1 is 1.50 bits per heavy atom. The van der Waals surface area contributed by atoms with Crippen molar-refractivity contribution < 1.29 is 4.74 Å². The van der Waals surface area contributed by atoms with Crippen LogP contribution in [0.15, 0.2) is 22.7 Å². The minimum atomic E-state index is 0.467. The van der Waals surface area contributed by atoms with Crippen molar-refractivity contribution in [1.82, 2.24) is 5.32 Å². The largest absolute Gasteiger partial charge is 0.497 e. The molecule has 0 bridgehead atoms. The fraction of sp³-hybridized carbons (Fsp3) is 0.538. The van der Waals surface area contributed by atoms with Crippen LogP contribution in [0.2, 0.25) is 0 Å². The minimum Gasteiger partial charge on any atom is -0.497 e. The van der Waals surface area contributed by atoms with Crippen molar-refractivity contribution in [1.29, 1.82) is 0 Å². The molecular weight excluding hydrogens is 266 g/mol. The Morgan fingerprint density at radius 3 is 2.81 bits per heavy atom. The fourth-order valence-electron chi connectivity index (χ4n) is 2.07. The summed E-state index contributed by atoms with van der Waals surface area (Å²) in [4.78, 5) is 0. The molecule has 1 N–H and O–H groups in total. The van der Waals surface area contributed by atoms with Crippen LogP contribution in [0.5, 0.6) is 5.75 Å². The summed E-state index contributed by atoms with van der Waals surface area (Å²) in [5.41, 5.74) is 1.32. The van der Waals surface area contributed by atoms with Gasteiger partial charge < -0.3 is 10.1 Å². The third kappa shape index (κ3) is 2.58. The smallest absolute Gasteiger partial charge is 0.119 e. The first-order chi connectivity index (χ1) is 7.76. The number of ether oxygens (including phenoxy) is 1. The number of hydrogen-bond donors (Lipinski definition) is 1. The molecule has 1 unspecified atom stereocenters. The van der Waals surface area contributed by atoms with Gasteiger partial charge in [-0.05, 0) is 49.1 Å². The van der Waals surface area contributed by atoms with E-state index < -0.39 is 0 Å². The highest BCUT2D eigenvalue weighted by Crippen LogP contribution is 2.43. The molecule has 88 valence electrons. The summed E-state index contributed by atoms with van der Waals surface area (Å²) in [6, 6.07) is 6.66. The van der Waals surface area contributed by atoms with E-state index in [1.165, 1.54) is 22.9 Å². The van der Waals surface area contributed by atoms with E-state index in [0.29, 0.717) is 6.04 Å². The van der Waals surface area contributed by atoms with Crippen molar-refractivity contribution in [2.75, 3.05) is 13.7 Å². The quantitative estimate of drug-likeness (QED) is 0.893. The summed E-state index contributed by atoms with van der Waals surface area (Å²) in [5, 5.41) is 3.57. The number of rotatable bonds is 5. The lowest BCUT2D eigenvalue weighted by atomic mass is 10.0. The normalized spacial score (nSPS) is 17.2. The lowest BCUT2D eigenvalue weighted by Crippen LogP contribution is -2.23. The molecule has 1 aromatic rings. The zero-order valence-electron chi connectivity index (χ0n) is 9.79. The van der Waals surface area contributed by atoms with E-state index >= 15 is 0 Å². The molecule has 1 saturated carbocycles. The van der Waals surface area contributed by atoms with Crippen molar-refractivity contribution in [2.24, 2.45) is 5.92 Å². The molecule has 1 atom stereocenters. The topological polar surface area (TPSA) is 21.3 Å². The molecule has 0 aliphatic heterocycles. The zero-order chi connectivity index (χ0) is 11.5. The minimum absolute atomic E-state index is 0.467. The van der Waals surface area contributed by atoms with E-state index in [4.69, 9.17) is 4.74 Å². The zero-order valence-corrected chi connectivity index (χ0v) is 11.4. The molecule has 16 heavy (non-hydrogen) atoms. The van der Waals surface area contributed by atoms with Crippen molar-refractivity contribution in [2.45, 2.75) is 25.8 Å². The number of hydrogen-bond acceptors (Lipinski definition) is 2. The standard InChI is InChI=1S/C13H18BrNO/c1-3-15-13(9-4-5-9)11-8-10(16-2)6-7-12(11)14/h6-9,13,15H,3-5H2,1-2H3. The molecule has 0 aromatic heterocycles. The maximum atomic E-state index is 5.29. The second-order valence-electron chi connectivity index (χ2n) is 4.26. The van der Waals surface area contributed by atoms with E-state index in [1.807, 2.05) is 6.07 Å². The molecule has 0 saturated heterocycles. The molecule has 1 fully saturated rings. The van der Waals surface area contributed by atoms with E-state index in [1.54, 1.807) is 7.11 Å². The SMILES string of the molecule is CCNC(c1cc(OC)ccc1Br)C1CC1. The Morgan fingerprint density at radius 2 is 2.25 bits per heavy atom. The molecule has 3 heteroatoms. The Hall–Kier alpha value is -0.540. The monoisotopic (exact) mass is 283 g/mol. The van der Waals surface area contributed by atoms with Crippen LogP contribution in [-0.4, -0.2) is 13.7 Å². The number of nitrogens with one attached hydrogen (secondary N) is 1. The van der Waals surface area contributed by atoms with Crippen LogP contribution in [0.3, 0.4) is 0 Å². The predicted octanol–water partition coefficient (Wildman–Crippen LogP) is 3.52. The lowest BCUT2D eigenvalue weighted by molar-refractivity contribution is 0.411. The molecular formula is C13H18BrNO. The Balaban J connectivity index is 2.27. The summed E-state index contributed by atoms with van der Waals surface area (Å²) in [6.45, 7) is 3.16. The second kappa shape index (κ2) is 5.19. The molecule has 2 nitrogen and oxygen atoms in total. The van der Waals surface area contributed by atoms with Crippen LogP contribution in [0.1, 0.15) is 31.4 Å². The van der Waals surface area contributed by atoms with Gasteiger partial charge in [0.25, 0.3) is 0 Å². The lowest BCUT2D eigenvalue weighted by Gasteiger charge is -2.20. The predicted molar refractivity (Wildman–Crippen MR) is 69.8 cm³/mol. The summed E-state index contributed by atoms with van der Waals surface area (Å²) >= 11 is 3.63. The molecule has 0 radical (unpaired) electrons. The van der Waals surface area contributed by atoms with Crippen molar-refractivity contribution in [3.05, 3.63) is 28.2 Å². The van der Waals surface area contributed by atoms with Gasteiger partial charge in [-0.15, -0.1) is 0 Å². The van der Waals surface area contributed by atoms with Gasteiger partial charge in [0.05, 0.1) is 7.11 Å². The maximum Gasteiger partial charge on any atom is 0.119 e. The summed E-state index contributed by atoms with van der Waals surface area (Å²) in [7, 11) is 1.71. The van der Waals surface area contributed by atoms with Gasteiger partial charge in [0.15, 0.2) is 0 Å². The van der Waals surface area contributed by atoms with Crippen LogP contribution >= 0.6 is 15.9 Å². The average Bonchev–Trinajstić information content (AvgIpc) is 3.11. The highest BCUT2D eigenvalue weighted by molar-refractivity contribution is 9.10. The van der Waals surface area contributed by atoms with E-state index in [-0.39, 0.29) is 0 Å². The third-order valence-corrected chi connectivity index (χ3v) is 3.78. The first-order valence-electron chi connectivity index (χ1n) is 5.83. The molecule has 0 heterocycles. The molecule has 0 spiro atoms. The van der Waals surface area contributed by atoms with Gasteiger partial charge in [0.1, 0.15) is 5.75 Å². The van der Waals surface area contributed by atoms with E-state index in [2.05, 4.69) is 40.3 Å². The van der Waals surface area contributed by atoms with Crippen molar-refractivity contribution in [3.8, 4) is 5.75 Å². The van der Waals surface area contributed by atoms with E-state index in [9.17, 15) is 0 Å². The summed E-state index contributed by atoms with van der Waals surface area (Å²) in [6.07, 6.45) is 2.67. The molecule has 2 rings (SSSR count). The van der Waals surface area contributed by atoms with Crippen molar-refractivity contribution in [3.63, 3.8) is 0 Å². The first-order valence-corrected chi connectivity index (χ1v) is 6.62. The van der Waals surface area contributed by atoms with Gasteiger partial charge in [-0.3, -0.25) is 0 Å². The van der Waals surface area contributed by atoms with Crippen LogP contribution in [-0.2, 0) is 0 Å². The summed E-state index contributed by atoms with van der Waals surface area (Å²) < 4.78 is 6.46. The van der Waals surface area contributed by atoms with Gasteiger partial charge in [0.2, 0.25) is 0 Å². The molecule has 1 aliphatic rings. The molecule has 1 aliphatic carbocycles. The number of halogens is 1. The van der Waals surface area contributed by atoms with Crippen LogP contribution < -0.4 is 10.1 Å². The van der Waals surface area contributed by atoms with Crippen LogP contribution in [0.25, 0.3) is 0 Å². The van der Waals surface area contributed by atoms with Crippen LogP contribution in [0, 0.1) is 5.92 Å². The molecule has 0 amide bonds. The Kier molecular flexibility index (Phi) is 3.87. The Labute approximate surface area is 106 Å². The number of benzene rings is 1.